The molecule has 0 amide bonds. The van der Waals surface area contributed by atoms with Crippen LogP contribution < -0.4 is 0 Å². The lowest BCUT2D eigenvalue weighted by atomic mass is 9.85. The molecule has 72 valence electrons. The molecule has 0 fully saturated rings. The van der Waals surface area contributed by atoms with Gasteiger partial charge in [-0.2, -0.15) is 0 Å². The Balaban J connectivity index is 4.54. The van der Waals surface area contributed by atoms with Gasteiger partial charge < -0.3 is 0 Å². The molecule has 0 bridgehead atoms. The highest BCUT2D eigenvalue weighted by Crippen LogP contribution is 2.21. The Morgan fingerprint density at radius 1 is 1.54 bits per heavy atom. The van der Waals surface area contributed by atoms with Gasteiger partial charge in [0.2, 0.25) is 0 Å². The first kappa shape index (κ1) is 11.9. The van der Waals surface area contributed by atoms with E-state index in [1.54, 1.807) is 12.2 Å². The van der Waals surface area contributed by atoms with Crippen molar-refractivity contribution in [1.29, 1.82) is 0 Å². The molecule has 0 atom stereocenters. The smallest absolute Gasteiger partial charge is 0.146 e. The van der Waals surface area contributed by atoms with Crippen LogP contribution in [-0.2, 0) is 4.79 Å². The first-order valence-electron chi connectivity index (χ1n) is 4.46. The highest BCUT2D eigenvalue weighted by molar-refractivity contribution is 5.87. The normalized spacial score (nSPS) is 10.2. The van der Waals surface area contributed by atoms with Crippen LogP contribution in [0.2, 0.25) is 0 Å². The van der Waals surface area contributed by atoms with E-state index in [4.69, 9.17) is 0 Å². The first-order chi connectivity index (χ1) is 5.90. The van der Waals surface area contributed by atoms with Crippen LogP contribution in [0.4, 0.5) is 0 Å². The third kappa shape index (κ3) is 4.49. The summed E-state index contributed by atoms with van der Waals surface area (Å²) in [4.78, 5) is 11.6. The summed E-state index contributed by atoms with van der Waals surface area (Å²) in [7, 11) is 0. The summed E-state index contributed by atoms with van der Waals surface area (Å²) >= 11 is 0. The molecule has 0 aromatic rings. The predicted octanol–water partition coefficient (Wildman–Crippen LogP) is 3.28. The van der Waals surface area contributed by atoms with Crippen LogP contribution in [0.15, 0.2) is 30.0 Å². The van der Waals surface area contributed by atoms with Gasteiger partial charge in [0.1, 0.15) is 5.78 Å². The molecule has 0 aliphatic rings. The van der Waals surface area contributed by atoms with E-state index in [0.29, 0.717) is 6.42 Å². The van der Waals surface area contributed by atoms with Crippen molar-refractivity contribution in [2.45, 2.75) is 34.1 Å². The number of carbonyl (C=O) groups excluding carboxylic acids is 1. The summed E-state index contributed by atoms with van der Waals surface area (Å²) in [5.41, 5.74) is 3.43. The quantitative estimate of drug-likeness (QED) is 0.477. The van der Waals surface area contributed by atoms with E-state index in [1.165, 1.54) is 0 Å². The molecule has 0 radical (unpaired) electrons. The lowest BCUT2D eigenvalue weighted by molar-refractivity contribution is -0.124. The van der Waals surface area contributed by atoms with Gasteiger partial charge in [-0.1, -0.05) is 12.2 Å². The second-order valence-corrected chi connectivity index (χ2v) is 3.88. The summed E-state index contributed by atoms with van der Waals surface area (Å²) in [6, 6.07) is 0. The van der Waals surface area contributed by atoms with Gasteiger partial charge in [0.25, 0.3) is 0 Å². The molecule has 13 heavy (non-hydrogen) atoms. The first-order valence-corrected chi connectivity index (χ1v) is 4.46. The van der Waals surface area contributed by atoms with Crippen LogP contribution in [0.25, 0.3) is 0 Å². The Kier molecular flexibility index (Phi) is 4.44. The van der Waals surface area contributed by atoms with Crippen LogP contribution in [-0.4, -0.2) is 5.78 Å². The molecule has 0 N–H and O–H groups in total. The predicted molar refractivity (Wildman–Crippen MR) is 56.5 cm³/mol. The fourth-order valence-electron chi connectivity index (χ4n) is 0.874. The van der Waals surface area contributed by atoms with E-state index in [1.807, 2.05) is 27.7 Å². The zero-order valence-corrected chi connectivity index (χ0v) is 8.98. The second-order valence-electron chi connectivity index (χ2n) is 3.88. The average molecular weight is 178 g/mol. The van der Waals surface area contributed by atoms with Crippen LogP contribution in [0.5, 0.6) is 0 Å². The molecule has 0 heterocycles. The van der Waals surface area contributed by atoms with Crippen LogP contribution in [0.3, 0.4) is 0 Å². The van der Waals surface area contributed by atoms with Gasteiger partial charge in [-0.15, -0.1) is 5.73 Å². The van der Waals surface area contributed by atoms with Crippen molar-refractivity contribution in [2.24, 2.45) is 5.41 Å². The molecule has 1 nitrogen and oxygen atoms in total. The number of hydrogen-bond donors (Lipinski definition) is 0. The van der Waals surface area contributed by atoms with Crippen molar-refractivity contribution in [2.75, 3.05) is 0 Å². The lowest BCUT2D eigenvalue weighted by Gasteiger charge is -2.17. The summed E-state index contributed by atoms with van der Waals surface area (Å²) in [5, 5.41) is 0. The molecule has 0 aromatic carbocycles. The molecular weight excluding hydrogens is 160 g/mol. The standard InChI is InChI=1S/C12H18O/c1-6-7-8-12(4,5)11(13)9-10(2)3/h6,8H,2,9H2,1,3-5H3. The number of allylic oxidation sites excluding steroid dienone is 2. The topological polar surface area (TPSA) is 17.1 Å². The van der Waals surface area contributed by atoms with Crippen molar-refractivity contribution in [3.63, 3.8) is 0 Å². The Morgan fingerprint density at radius 2 is 2.08 bits per heavy atom. The Hall–Kier alpha value is -1.07. The third-order valence-electron chi connectivity index (χ3n) is 1.79. The number of Topliss-reactive ketones (excluding diaryl/α,β-unsaturated/α-hetero) is 1. The largest absolute Gasteiger partial charge is 0.298 e. The Bertz CT molecular complexity index is 263. The SMILES string of the molecule is C=C(C)CC(=O)C(C)(C)C=C=CC. The molecule has 0 aromatic heterocycles. The van der Waals surface area contributed by atoms with E-state index < -0.39 is 5.41 Å². The Labute approximate surface area is 80.8 Å². The Morgan fingerprint density at radius 3 is 2.46 bits per heavy atom. The summed E-state index contributed by atoms with van der Waals surface area (Å²) in [5.74, 6) is 0.189. The maximum atomic E-state index is 11.6. The zero-order valence-electron chi connectivity index (χ0n) is 8.98. The van der Waals surface area contributed by atoms with Gasteiger partial charge in [0.15, 0.2) is 0 Å². The van der Waals surface area contributed by atoms with Gasteiger partial charge in [0.05, 0.1) is 0 Å². The summed E-state index contributed by atoms with van der Waals surface area (Å²) < 4.78 is 0. The molecule has 0 spiro atoms. The van der Waals surface area contributed by atoms with E-state index in [0.717, 1.165) is 5.57 Å². The van der Waals surface area contributed by atoms with Crippen molar-refractivity contribution < 1.29 is 4.79 Å². The van der Waals surface area contributed by atoms with E-state index >= 15 is 0 Å². The van der Waals surface area contributed by atoms with Gasteiger partial charge in [-0.05, 0) is 39.8 Å². The highest BCUT2D eigenvalue weighted by atomic mass is 16.1. The fraction of sp³-hybridized carbons (Fsp3) is 0.500. The summed E-state index contributed by atoms with van der Waals surface area (Å²) in [6.45, 7) is 11.3. The molecular formula is C12H18O. The van der Waals surface area contributed by atoms with E-state index in [-0.39, 0.29) is 5.78 Å². The van der Waals surface area contributed by atoms with Gasteiger partial charge >= 0.3 is 0 Å². The minimum absolute atomic E-state index is 0.189. The molecule has 0 unspecified atom stereocenters. The van der Waals surface area contributed by atoms with Gasteiger partial charge in [-0.25, -0.2) is 0 Å². The maximum absolute atomic E-state index is 11.6. The van der Waals surface area contributed by atoms with Crippen LogP contribution >= 0.6 is 0 Å². The van der Waals surface area contributed by atoms with Gasteiger partial charge in [0, 0.05) is 11.8 Å². The highest BCUT2D eigenvalue weighted by Gasteiger charge is 2.23. The van der Waals surface area contributed by atoms with Crippen LogP contribution in [0.1, 0.15) is 34.1 Å². The number of carbonyl (C=O) groups is 1. The zero-order chi connectivity index (χ0) is 10.5. The molecule has 1 heteroatoms. The lowest BCUT2D eigenvalue weighted by Crippen LogP contribution is -2.21. The van der Waals surface area contributed by atoms with Crippen molar-refractivity contribution in [3.8, 4) is 0 Å². The third-order valence-corrected chi connectivity index (χ3v) is 1.79. The summed E-state index contributed by atoms with van der Waals surface area (Å²) in [6.07, 6.45) is 4.06. The van der Waals surface area contributed by atoms with Crippen molar-refractivity contribution in [1.82, 2.24) is 0 Å². The minimum Gasteiger partial charge on any atom is -0.298 e. The van der Waals surface area contributed by atoms with Gasteiger partial charge in [-0.3, -0.25) is 4.79 Å². The molecule has 0 rings (SSSR count). The second kappa shape index (κ2) is 4.84. The van der Waals surface area contributed by atoms with E-state index in [2.05, 4.69) is 12.3 Å². The molecule has 0 aliphatic heterocycles. The molecule has 0 saturated heterocycles. The van der Waals surface area contributed by atoms with Crippen LogP contribution in [0, 0.1) is 5.41 Å². The maximum Gasteiger partial charge on any atom is 0.146 e. The monoisotopic (exact) mass is 178 g/mol. The van der Waals surface area contributed by atoms with E-state index in [9.17, 15) is 4.79 Å². The molecule has 0 aliphatic carbocycles. The average Bonchev–Trinajstić information content (AvgIpc) is 1.99. The number of rotatable bonds is 4. The fourth-order valence-corrected chi connectivity index (χ4v) is 0.874. The number of ketones is 1. The molecule has 0 saturated carbocycles. The van der Waals surface area contributed by atoms with Crippen molar-refractivity contribution >= 4 is 5.78 Å². The number of hydrogen-bond acceptors (Lipinski definition) is 1. The minimum atomic E-state index is -0.425. The van der Waals surface area contributed by atoms with Crippen molar-refractivity contribution in [3.05, 3.63) is 30.0 Å².